The van der Waals surface area contributed by atoms with Gasteiger partial charge >= 0.3 is 0 Å². The molecule has 2 aliphatic heterocycles. The maximum atomic E-state index is 12.9. The molecule has 3 unspecified atom stereocenters. The quantitative estimate of drug-likeness (QED) is 0.587. The van der Waals surface area contributed by atoms with Gasteiger partial charge in [-0.25, -0.2) is 0 Å². The topological polar surface area (TPSA) is 66.5 Å². The van der Waals surface area contributed by atoms with E-state index in [4.69, 9.17) is 12.2 Å². The summed E-state index contributed by atoms with van der Waals surface area (Å²) in [5.74, 6) is -0.451. The lowest BCUT2D eigenvalue weighted by atomic mass is 9.79. The van der Waals surface area contributed by atoms with Gasteiger partial charge in [-0.15, -0.1) is 0 Å². The van der Waals surface area contributed by atoms with E-state index in [0.717, 1.165) is 12.0 Å². The molecule has 0 aromatic rings. The third-order valence-corrected chi connectivity index (χ3v) is 5.02. The van der Waals surface area contributed by atoms with Gasteiger partial charge in [0.15, 0.2) is 0 Å². The number of hydrogen-bond donors (Lipinski definition) is 1. The van der Waals surface area contributed by atoms with Gasteiger partial charge in [-0.2, -0.15) is 0 Å². The van der Waals surface area contributed by atoms with Gasteiger partial charge in [0.1, 0.15) is 6.04 Å². The van der Waals surface area contributed by atoms with E-state index in [2.05, 4.69) is 18.3 Å². The zero-order valence-electron chi connectivity index (χ0n) is 12.4. The summed E-state index contributed by atoms with van der Waals surface area (Å²) < 4.78 is 0. The Morgan fingerprint density at radius 3 is 2.82 bits per heavy atom. The van der Waals surface area contributed by atoms with Crippen LogP contribution in [-0.4, -0.2) is 33.7 Å². The van der Waals surface area contributed by atoms with Gasteiger partial charge in [0.2, 0.25) is 11.8 Å². The third-order valence-electron chi connectivity index (χ3n) is 4.66. The van der Waals surface area contributed by atoms with E-state index in [1.807, 2.05) is 12.2 Å². The van der Waals surface area contributed by atoms with Crippen LogP contribution in [0, 0.1) is 11.8 Å². The van der Waals surface area contributed by atoms with Gasteiger partial charge < -0.3 is 0 Å². The molecule has 0 spiro atoms. The van der Waals surface area contributed by atoms with Gasteiger partial charge in [0, 0.05) is 18.4 Å². The van der Waals surface area contributed by atoms with Crippen molar-refractivity contribution in [3.8, 4) is 0 Å². The molecule has 0 aromatic carbocycles. The summed E-state index contributed by atoms with van der Waals surface area (Å²) in [5, 5.41) is 2.30. The summed E-state index contributed by atoms with van der Waals surface area (Å²) in [6.45, 7) is 2.12. The van der Waals surface area contributed by atoms with Crippen LogP contribution in [-0.2, 0) is 14.4 Å². The SMILES string of the molecule is CC1CC=CC=C2C(=O)N(C3CCC(=O)NC3=O)C(=S)CC21. The number of rotatable bonds is 1. The third kappa shape index (κ3) is 2.52. The molecule has 3 atom stereocenters. The van der Waals surface area contributed by atoms with E-state index in [0.29, 0.717) is 23.7 Å². The zero-order valence-corrected chi connectivity index (χ0v) is 13.2. The minimum absolute atomic E-state index is 0.111. The standard InChI is InChI=1S/C16H18N2O3S/c1-9-4-2-3-5-10-11(9)8-14(22)18(16(10)21)12-6-7-13(19)17-15(12)20/h2-3,5,9,11-12H,4,6-8H2,1H3,(H,17,19,20). The second-order valence-electron chi connectivity index (χ2n) is 6.11. The molecule has 6 heteroatoms. The molecule has 1 aliphatic carbocycles. The van der Waals surface area contributed by atoms with Gasteiger partial charge in [0.25, 0.3) is 5.91 Å². The molecule has 2 heterocycles. The number of likely N-dealkylation sites (tertiary alicyclic amines) is 1. The molecule has 116 valence electrons. The number of nitrogens with one attached hydrogen (secondary N) is 1. The largest absolute Gasteiger partial charge is 0.295 e. The lowest BCUT2D eigenvalue weighted by Crippen LogP contribution is -2.58. The van der Waals surface area contributed by atoms with E-state index in [1.165, 1.54) is 4.90 Å². The zero-order chi connectivity index (χ0) is 15.9. The Hall–Kier alpha value is -1.82. The second-order valence-corrected chi connectivity index (χ2v) is 6.58. The Balaban J connectivity index is 1.90. The fourth-order valence-corrected chi connectivity index (χ4v) is 3.77. The number of fused-ring (bicyclic) bond motifs is 1. The minimum Gasteiger partial charge on any atom is -0.295 e. The molecule has 3 aliphatic rings. The molecule has 2 saturated heterocycles. The number of piperidine rings is 2. The smallest absolute Gasteiger partial charge is 0.255 e. The van der Waals surface area contributed by atoms with Crippen LogP contribution in [0.15, 0.2) is 23.8 Å². The summed E-state index contributed by atoms with van der Waals surface area (Å²) in [6.07, 6.45) is 7.90. The average molecular weight is 318 g/mol. The van der Waals surface area contributed by atoms with Crippen LogP contribution in [0.25, 0.3) is 0 Å². The van der Waals surface area contributed by atoms with Crippen molar-refractivity contribution >= 4 is 34.9 Å². The van der Waals surface area contributed by atoms with Crippen molar-refractivity contribution < 1.29 is 14.4 Å². The number of amides is 3. The normalized spacial score (nSPS) is 32.3. The lowest BCUT2D eigenvalue weighted by Gasteiger charge is -2.40. The van der Waals surface area contributed by atoms with Crippen molar-refractivity contribution in [2.24, 2.45) is 11.8 Å². The highest BCUT2D eigenvalue weighted by molar-refractivity contribution is 7.80. The molecule has 3 rings (SSSR count). The Labute approximate surface area is 134 Å². The van der Waals surface area contributed by atoms with Gasteiger partial charge in [-0.05, 0) is 24.7 Å². The summed E-state index contributed by atoms with van der Waals surface area (Å²) in [5.41, 5.74) is 0.722. The van der Waals surface area contributed by atoms with Crippen LogP contribution in [0.1, 0.15) is 32.6 Å². The number of nitrogens with zero attached hydrogens (tertiary/aromatic N) is 1. The molecule has 0 saturated carbocycles. The van der Waals surface area contributed by atoms with E-state index in [9.17, 15) is 14.4 Å². The highest BCUT2D eigenvalue weighted by Crippen LogP contribution is 2.36. The second kappa shape index (κ2) is 5.76. The number of imide groups is 1. The molecule has 1 N–H and O–H groups in total. The van der Waals surface area contributed by atoms with Crippen molar-refractivity contribution in [3.05, 3.63) is 23.8 Å². The van der Waals surface area contributed by atoms with E-state index < -0.39 is 11.9 Å². The van der Waals surface area contributed by atoms with Crippen LogP contribution >= 0.6 is 12.2 Å². The fraction of sp³-hybridized carbons (Fsp3) is 0.500. The maximum absolute atomic E-state index is 12.9. The predicted octanol–water partition coefficient (Wildman–Crippen LogP) is 1.49. The highest BCUT2D eigenvalue weighted by Gasteiger charge is 2.43. The number of hydrogen-bond acceptors (Lipinski definition) is 4. The molecule has 5 nitrogen and oxygen atoms in total. The molecule has 2 fully saturated rings. The first kappa shape index (κ1) is 15.1. The predicted molar refractivity (Wildman–Crippen MR) is 84.7 cm³/mol. The summed E-state index contributed by atoms with van der Waals surface area (Å²) in [7, 11) is 0. The molecule has 0 aromatic heterocycles. The lowest BCUT2D eigenvalue weighted by molar-refractivity contribution is -0.141. The number of thiocarbonyl (C=S) groups is 1. The first-order valence-electron chi connectivity index (χ1n) is 7.56. The molecular formula is C16H18N2O3S. The van der Waals surface area contributed by atoms with Crippen LogP contribution < -0.4 is 5.32 Å². The molecule has 22 heavy (non-hydrogen) atoms. The summed E-state index contributed by atoms with van der Waals surface area (Å²) >= 11 is 5.43. The van der Waals surface area contributed by atoms with Crippen molar-refractivity contribution in [2.45, 2.75) is 38.6 Å². The Bertz CT molecular complexity index is 623. The van der Waals surface area contributed by atoms with Gasteiger partial charge in [-0.3, -0.25) is 24.6 Å². The van der Waals surface area contributed by atoms with Crippen LogP contribution in [0.4, 0.5) is 0 Å². The number of allylic oxidation sites excluding steroid dienone is 3. The van der Waals surface area contributed by atoms with E-state index >= 15 is 0 Å². The monoisotopic (exact) mass is 318 g/mol. The minimum atomic E-state index is -0.665. The first-order chi connectivity index (χ1) is 10.5. The summed E-state index contributed by atoms with van der Waals surface area (Å²) in [4.78, 5) is 38.2. The fourth-order valence-electron chi connectivity index (χ4n) is 3.38. The molecular weight excluding hydrogens is 300 g/mol. The Kier molecular flexibility index (Phi) is 3.95. The highest BCUT2D eigenvalue weighted by atomic mass is 32.1. The van der Waals surface area contributed by atoms with Gasteiger partial charge in [0.05, 0.1) is 4.99 Å². The van der Waals surface area contributed by atoms with Crippen LogP contribution in [0.2, 0.25) is 0 Å². The van der Waals surface area contributed by atoms with Crippen molar-refractivity contribution in [2.75, 3.05) is 0 Å². The molecule has 0 radical (unpaired) electrons. The molecule has 0 bridgehead atoms. The number of carbonyl (C=O) groups is 3. The van der Waals surface area contributed by atoms with Crippen LogP contribution in [0.5, 0.6) is 0 Å². The Morgan fingerprint density at radius 1 is 1.32 bits per heavy atom. The summed E-state index contributed by atoms with van der Waals surface area (Å²) in [6, 6.07) is -0.665. The van der Waals surface area contributed by atoms with Crippen molar-refractivity contribution in [1.82, 2.24) is 10.2 Å². The first-order valence-corrected chi connectivity index (χ1v) is 7.96. The van der Waals surface area contributed by atoms with Crippen molar-refractivity contribution in [3.63, 3.8) is 0 Å². The average Bonchev–Trinajstić information content (AvgIpc) is 2.64. The Morgan fingerprint density at radius 2 is 2.09 bits per heavy atom. The molecule has 3 amide bonds. The van der Waals surface area contributed by atoms with Crippen molar-refractivity contribution in [1.29, 1.82) is 0 Å². The maximum Gasteiger partial charge on any atom is 0.255 e. The van der Waals surface area contributed by atoms with E-state index in [1.54, 1.807) is 0 Å². The van der Waals surface area contributed by atoms with E-state index in [-0.39, 0.29) is 24.2 Å². The van der Waals surface area contributed by atoms with Crippen LogP contribution in [0.3, 0.4) is 0 Å². The number of carbonyl (C=O) groups excluding carboxylic acids is 3. The van der Waals surface area contributed by atoms with Gasteiger partial charge in [-0.1, -0.05) is 37.4 Å².